The van der Waals surface area contributed by atoms with E-state index in [9.17, 15) is 0 Å². The summed E-state index contributed by atoms with van der Waals surface area (Å²) in [6, 6.07) is 0. The van der Waals surface area contributed by atoms with E-state index in [1.165, 1.54) is 0 Å². The molecule has 51 valence electrons. The average molecular weight is 125 g/mol. The lowest BCUT2D eigenvalue weighted by Gasteiger charge is -1.79. The van der Waals surface area contributed by atoms with Crippen LogP contribution in [0.2, 0.25) is 0 Å². The second kappa shape index (κ2) is 5.35. The molecule has 0 bridgehead atoms. The fraction of sp³-hybridized carbons (Fsp3) is 0.429. The summed E-state index contributed by atoms with van der Waals surface area (Å²) in [6.45, 7) is 7.07. The predicted octanol–water partition coefficient (Wildman–Crippen LogP) is 1.81. The Morgan fingerprint density at radius 2 is 2.33 bits per heavy atom. The molecular formula is C7H13N2. The Hall–Kier alpha value is -0.790. The molecule has 0 aliphatic carbocycles. The van der Waals surface area contributed by atoms with Crippen molar-refractivity contribution < 1.29 is 0 Å². The summed E-state index contributed by atoms with van der Waals surface area (Å²) in [5.74, 6) is 1.06. The fourth-order valence-electron chi connectivity index (χ4n) is 0.491. The van der Waals surface area contributed by atoms with Crippen molar-refractivity contribution >= 4 is 0 Å². The summed E-state index contributed by atoms with van der Waals surface area (Å²) < 4.78 is 0. The van der Waals surface area contributed by atoms with Crippen LogP contribution in [-0.4, -0.2) is 9.97 Å². The molecular weight excluding hydrogens is 112 g/mol. The molecule has 0 aromatic carbocycles. The maximum Gasteiger partial charge on any atom is 0.105 e. The molecule has 0 atom stereocenters. The van der Waals surface area contributed by atoms with Gasteiger partial charge in [0.2, 0.25) is 0 Å². The Balaban J connectivity index is 0.000000291. The molecule has 1 heterocycles. The van der Waals surface area contributed by atoms with E-state index in [4.69, 9.17) is 0 Å². The van der Waals surface area contributed by atoms with Crippen molar-refractivity contribution in [2.45, 2.75) is 20.3 Å². The lowest BCUT2D eigenvalue weighted by Crippen LogP contribution is -1.78. The smallest absolute Gasteiger partial charge is 0.105 e. The van der Waals surface area contributed by atoms with Crippen LogP contribution in [0.25, 0.3) is 0 Å². The molecule has 0 spiro atoms. The molecule has 0 aliphatic rings. The second-order valence-corrected chi connectivity index (χ2v) is 1.39. The van der Waals surface area contributed by atoms with Crippen LogP contribution >= 0.6 is 0 Å². The van der Waals surface area contributed by atoms with E-state index in [1.54, 1.807) is 13.1 Å². The van der Waals surface area contributed by atoms with E-state index < -0.39 is 0 Å². The van der Waals surface area contributed by atoms with Gasteiger partial charge < -0.3 is 4.98 Å². The Morgan fingerprint density at radius 3 is 2.56 bits per heavy atom. The quantitative estimate of drug-likeness (QED) is 0.609. The Morgan fingerprint density at radius 1 is 1.67 bits per heavy atom. The number of nitrogens with one attached hydrogen (secondary N) is 1. The largest absolute Gasteiger partial charge is 0.349 e. The molecule has 0 saturated carbocycles. The summed E-state index contributed by atoms with van der Waals surface area (Å²) in [6.07, 6.45) is 4.59. The van der Waals surface area contributed by atoms with Gasteiger partial charge in [-0.3, -0.25) is 0 Å². The minimum Gasteiger partial charge on any atom is -0.349 e. The van der Waals surface area contributed by atoms with Gasteiger partial charge in [-0.25, -0.2) is 4.98 Å². The maximum atomic E-state index is 3.98. The summed E-state index contributed by atoms with van der Waals surface area (Å²) >= 11 is 0. The van der Waals surface area contributed by atoms with Gasteiger partial charge in [-0.15, -0.1) is 0 Å². The number of aromatic amines is 1. The van der Waals surface area contributed by atoms with E-state index in [-0.39, 0.29) is 0 Å². The van der Waals surface area contributed by atoms with Gasteiger partial charge in [0.15, 0.2) is 0 Å². The first-order valence-electron chi connectivity index (χ1n) is 3.12. The normalized spacial score (nSPS) is 7.89. The number of hydrogen-bond donors (Lipinski definition) is 1. The van der Waals surface area contributed by atoms with Crippen LogP contribution in [0.5, 0.6) is 0 Å². The van der Waals surface area contributed by atoms with Crippen LogP contribution in [0.1, 0.15) is 19.7 Å². The van der Waals surface area contributed by atoms with E-state index in [0.29, 0.717) is 0 Å². The molecule has 0 aliphatic heterocycles. The van der Waals surface area contributed by atoms with Crippen molar-refractivity contribution in [2.24, 2.45) is 0 Å². The molecule has 0 saturated heterocycles. The molecule has 9 heavy (non-hydrogen) atoms. The summed E-state index contributed by atoms with van der Waals surface area (Å²) in [7, 11) is 0. The number of rotatable bonds is 1. The summed E-state index contributed by atoms with van der Waals surface area (Å²) in [5, 5.41) is 0. The van der Waals surface area contributed by atoms with Crippen LogP contribution in [0.4, 0.5) is 0 Å². The number of H-pyrrole nitrogens is 1. The van der Waals surface area contributed by atoms with Crippen molar-refractivity contribution in [3.05, 3.63) is 25.1 Å². The highest BCUT2D eigenvalue weighted by Crippen LogP contribution is 1.85. The number of imidazole rings is 1. The van der Waals surface area contributed by atoms with Gasteiger partial charge in [-0.1, -0.05) is 20.8 Å². The van der Waals surface area contributed by atoms with Crippen molar-refractivity contribution in [2.75, 3.05) is 0 Å². The molecule has 2 heteroatoms. The van der Waals surface area contributed by atoms with Crippen molar-refractivity contribution in [1.29, 1.82) is 0 Å². The van der Waals surface area contributed by atoms with Crippen molar-refractivity contribution in [1.82, 2.24) is 9.97 Å². The Kier molecular flexibility index (Phi) is 4.88. The highest BCUT2D eigenvalue weighted by atomic mass is 14.9. The molecule has 0 unspecified atom stereocenters. The second-order valence-electron chi connectivity index (χ2n) is 1.39. The zero-order chi connectivity index (χ0) is 7.11. The first-order valence-corrected chi connectivity index (χ1v) is 3.12. The molecule has 1 radical (unpaired) electrons. The van der Waals surface area contributed by atoms with Gasteiger partial charge in [0.05, 0.1) is 0 Å². The summed E-state index contributed by atoms with van der Waals surface area (Å²) in [4.78, 5) is 6.95. The van der Waals surface area contributed by atoms with Crippen LogP contribution < -0.4 is 0 Å². The van der Waals surface area contributed by atoms with Gasteiger partial charge >= 0.3 is 0 Å². The maximum absolute atomic E-state index is 3.98. The lowest BCUT2D eigenvalue weighted by atomic mass is 10.5. The molecule has 0 amide bonds. The monoisotopic (exact) mass is 125 g/mol. The van der Waals surface area contributed by atoms with Crippen LogP contribution in [0, 0.1) is 6.92 Å². The number of aryl methyl sites for hydroxylation is 1. The zero-order valence-electron chi connectivity index (χ0n) is 6.02. The topological polar surface area (TPSA) is 28.7 Å². The SMILES string of the molecule is CCc1ncc[nH]1.[CH2]C. The Labute approximate surface area is 56.3 Å². The molecule has 1 N–H and O–H groups in total. The first kappa shape index (κ1) is 8.21. The zero-order valence-corrected chi connectivity index (χ0v) is 6.02. The molecule has 0 fully saturated rings. The molecule has 2 nitrogen and oxygen atoms in total. The molecule has 1 rings (SSSR count). The van der Waals surface area contributed by atoms with Crippen LogP contribution in [0.3, 0.4) is 0 Å². The number of nitrogens with zero attached hydrogens (tertiary/aromatic N) is 1. The summed E-state index contributed by atoms with van der Waals surface area (Å²) in [5.41, 5.74) is 0. The van der Waals surface area contributed by atoms with E-state index >= 15 is 0 Å². The molecule has 1 aromatic rings. The van der Waals surface area contributed by atoms with Gasteiger partial charge in [0.25, 0.3) is 0 Å². The van der Waals surface area contributed by atoms with Gasteiger partial charge in [0, 0.05) is 18.8 Å². The van der Waals surface area contributed by atoms with E-state index in [1.807, 2.05) is 6.20 Å². The lowest BCUT2D eigenvalue weighted by molar-refractivity contribution is 0.990. The predicted molar refractivity (Wildman–Crippen MR) is 39.0 cm³/mol. The van der Waals surface area contributed by atoms with Gasteiger partial charge in [0.1, 0.15) is 5.82 Å². The highest BCUT2D eigenvalue weighted by molar-refractivity contribution is 4.84. The average Bonchev–Trinajstić information content (AvgIpc) is 2.43. The third-order valence-electron chi connectivity index (χ3n) is 0.890. The van der Waals surface area contributed by atoms with Crippen molar-refractivity contribution in [3.63, 3.8) is 0 Å². The van der Waals surface area contributed by atoms with Crippen LogP contribution in [0.15, 0.2) is 12.4 Å². The Bertz CT molecular complexity index is 121. The minimum atomic E-state index is 0.993. The number of hydrogen-bond acceptors (Lipinski definition) is 1. The minimum absolute atomic E-state index is 0.993. The van der Waals surface area contributed by atoms with E-state index in [2.05, 4.69) is 23.8 Å². The fourth-order valence-corrected chi connectivity index (χ4v) is 0.491. The highest BCUT2D eigenvalue weighted by Gasteiger charge is 1.82. The third-order valence-corrected chi connectivity index (χ3v) is 0.890. The van der Waals surface area contributed by atoms with Gasteiger partial charge in [-0.2, -0.15) is 0 Å². The standard InChI is InChI=1S/C5H8N2.C2H5/c1-2-5-6-3-4-7-5;1-2/h3-4H,2H2,1H3,(H,6,7);1H2,2H3. The van der Waals surface area contributed by atoms with Gasteiger partial charge in [-0.05, 0) is 0 Å². The first-order chi connectivity index (χ1) is 4.43. The van der Waals surface area contributed by atoms with E-state index in [0.717, 1.165) is 12.2 Å². The number of aromatic nitrogens is 2. The molecule has 1 aromatic heterocycles. The van der Waals surface area contributed by atoms with Crippen molar-refractivity contribution in [3.8, 4) is 0 Å². The third kappa shape index (κ3) is 2.90. The van der Waals surface area contributed by atoms with Crippen LogP contribution in [-0.2, 0) is 6.42 Å².